The van der Waals surface area contributed by atoms with Gasteiger partial charge in [-0.15, -0.1) is 0 Å². The maximum atomic E-state index is 13.8. The molecule has 14 heteroatoms. The summed E-state index contributed by atoms with van der Waals surface area (Å²) in [6, 6.07) is 12.2. The molecule has 4 atom stereocenters. The summed E-state index contributed by atoms with van der Waals surface area (Å²) in [6.45, 7) is 9.05. The zero-order valence-electron chi connectivity index (χ0n) is 32.8. The zero-order chi connectivity index (χ0) is 39.6. The number of amides is 3. The van der Waals surface area contributed by atoms with E-state index in [1.54, 1.807) is 0 Å². The summed E-state index contributed by atoms with van der Waals surface area (Å²) in [5, 5.41) is 2.74. The highest BCUT2D eigenvalue weighted by Crippen LogP contribution is 2.58. The summed E-state index contributed by atoms with van der Waals surface area (Å²) in [6.07, 6.45) is 7.07. The summed E-state index contributed by atoms with van der Waals surface area (Å²) in [5.41, 5.74) is 5.31. The lowest BCUT2D eigenvalue weighted by molar-refractivity contribution is -0.188. The smallest absolute Gasteiger partial charge is 0.407 e. The standard InChI is InChI=1S/C42H50N8O6/c1-25(2)35(44-24-56-55-6)39(51)49-19-7-8-33(49)38-45-30-16-13-28(20-31(30)46-38)10-9-27-11-14-29(15-12-27)32-22-43-37(47-32)34-21-42(17-18-42)23-50(34)40(52)36(26(3)4)48-41(53)54-5/h11-16,20,22,24-26,33-36H,7-8,17-19,21,23H2,1-6H3,(H,43,47)(H,45,46)(H,48,53)/t33-,34-,35-,36-/m0/s1. The minimum Gasteiger partial charge on any atom is -0.453 e. The number of carbonyl (C=O) groups excluding carboxylic acids is 3. The van der Waals surface area contributed by atoms with Crippen LogP contribution in [0.4, 0.5) is 4.79 Å². The first-order valence-corrected chi connectivity index (χ1v) is 19.3. The molecule has 14 nitrogen and oxygen atoms in total. The molecule has 0 bridgehead atoms. The molecule has 3 N–H and O–H groups in total. The fourth-order valence-corrected chi connectivity index (χ4v) is 7.88. The highest BCUT2D eigenvalue weighted by Gasteiger charge is 2.55. The molecule has 3 aliphatic rings. The number of likely N-dealkylation sites (tertiary alicyclic amines) is 2. The molecule has 4 heterocycles. The predicted molar refractivity (Wildman–Crippen MR) is 210 cm³/mol. The maximum absolute atomic E-state index is 13.8. The van der Waals surface area contributed by atoms with Gasteiger partial charge < -0.3 is 34.7 Å². The number of aromatic nitrogens is 4. The van der Waals surface area contributed by atoms with Crippen LogP contribution < -0.4 is 5.32 Å². The first-order valence-electron chi connectivity index (χ1n) is 19.3. The van der Waals surface area contributed by atoms with Crippen LogP contribution in [0.25, 0.3) is 22.3 Å². The van der Waals surface area contributed by atoms with Crippen molar-refractivity contribution in [3.63, 3.8) is 0 Å². The second-order valence-corrected chi connectivity index (χ2v) is 15.8. The summed E-state index contributed by atoms with van der Waals surface area (Å²) >= 11 is 0. The van der Waals surface area contributed by atoms with Gasteiger partial charge in [-0.3, -0.25) is 9.59 Å². The van der Waals surface area contributed by atoms with Crippen molar-refractivity contribution in [3.8, 4) is 23.1 Å². The number of ether oxygens (including phenoxy) is 1. The van der Waals surface area contributed by atoms with Gasteiger partial charge in [0, 0.05) is 24.2 Å². The number of alkyl carbamates (subject to hydrolysis) is 1. The van der Waals surface area contributed by atoms with Crippen molar-refractivity contribution >= 4 is 35.3 Å². The average molecular weight is 763 g/mol. The van der Waals surface area contributed by atoms with Crippen LogP contribution in [0.3, 0.4) is 0 Å². The summed E-state index contributed by atoms with van der Waals surface area (Å²) in [5.74, 6) is 7.75. The van der Waals surface area contributed by atoms with Crippen molar-refractivity contribution in [2.45, 2.75) is 84.0 Å². The highest BCUT2D eigenvalue weighted by molar-refractivity contribution is 5.87. The number of carbonyl (C=O) groups is 3. The average Bonchev–Trinajstić information content (AvgIpc) is 3.68. The predicted octanol–water partition coefficient (Wildman–Crippen LogP) is 6.08. The van der Waals surface area contributed by atoms with E-state index in [9.17, 15) is 14.4 Å². The highest BCUT2D eigenvalue weighted by atomic mass is 17.2. The van der Waals surface area contributed by atoms with Crippen molar-refractivity contribution in [1.29, 1.82) is 0 Å². The van der Waals surface area contributed by atoms with Crippen LogP contribution in [-0.4, -0.2) is 93.4 Å². The van der Waals surface area contributed by atoms with Crippen LogP contribution in [0.5, 0.6) is 0 Å². The second-order valence-electron chi connectivity index (χ2n) is 15.8. The third-order valence-electron chi connectivity index (χ3n) is 11.2. The van der Waals surface area contributed by atoms with Crippen LogP contribution in [-0.2, 0) is 24.1 Å². The van der Waals surface area contributed by atoms with Crippen molar-refractivity contribution in [2.24, 2.45) is 22.2 Å². The van der Waals surface area contributed by atoms with Crippen molar-refractivity contribution < 1.29 is 28.9 Å². The number of fused-ring (bicyclic) bond motifs is 1. The Bertz CT molecular complexity index is 2160. The number of nitrogens with zero attached hydrogens (tertiary/aromatic N) is 5. The molecule has 3 amide bonds. The molecule has 2 aromatic heterocycles. The Morgan fingerprint density at radius 3 is 2.39 bits per heavy atom. The molecule has 7 rings (SSSR count). The number of methoxy groups -OCH3 is 1. The molecule has 56 heavy (non-hydrogen) atoms. The number of aliphatic imine (C=N–C) groups is 1. The number of benzene rings is 2. The number of rotatable bonds is 11. The molecular formula is C42H50N8O6. The summed E-state index contributed by atoms with van der Waals surface area (Å²) < 4.78 is 4.80. The Morgan fingerprint density at radius 1 is 0.946 bits per heavy atom. The third kappa shape index (κ3) is 8.14. The molecule has 1 aliphatic carbocycles. The van der Waals surface area contributed by atoms with Gasteiger partial charge in [0.25, 0.3) is 0 Å². The third-order valence-corrected chi connectivity index (χ3v) is 11.2. The normalized spacial score (nSPS) is 19.8. The molecule has 4 aromatic rings. The largest absolute Gasteiger partial charge is 0.453 e. The molecule has 1 spiro atoms. The van der Waals surface area contributed by atoms with E-state index < -0.39 is 18.2 Å². The second kappa shape index (κ2) is 16.2. The Balaban J connectivity index is 1.03. The fourth-order valence-electron chi connectivity index (χ4n) is 7.88. The summed E-state index contributed by atoms with van der Waals surface area (Å²) in [4.78, 5) is 73.5. The van der Waals surface area contributed by atoms with E-state index in [-0.39, 0.29) is 41.1 Å². The van der Waals surface area contributed by atoms with Gasteiger partial charge in [-0.05, 0) is 85.3 Å². The number of hydrogen-bond acceptors (Lipinski definition) is 9. The first-order chi connectivity index (χ1) is 27.0. The molecule has 2 saturated heterocycles. The van der Waals surface area contributed by atoms with Gasteiger partial charge >= 0.3 is 6.09 Å². The number of aromatic amines is 2. The van der Waals surface area contributed by atoms with Gasteiger partial charge in [-0.25, -0.2) is 19.8 Å². The molecule has 3 fully saturated rings. The minimum atomic E-state index is -0.687. The quantitative estimate of drug-likeness (QED) is 0.0544. The van der Waals surface area contributed by atoms with Crippen LogP contribution in [0.2, 0.25) is 0 Å². The molecule has 0 unspecified atom stereocenters. The van der Waals surface area contributed by atoms with E-state index in [0.29, 0.717) is 13.1 Å². The topological polar surface area (TPSA) is 167 Å². The fraction of sp³-hybridized carbons (Fsp3) is 0.476. The Hall–Kier alpha value is -5.68. The van der Waals surface area contributed by atoms with E-state index in [1.807, 2.05) is 86.2 Å². The van der Waals surface area contributed by atoms with E-state index in [1.165, 1.54) is 20.6 Å². The number of nitrogens with one attached hydrogen (secondary N) is 3. The van der Waals surface area contributed by atoms with Crippen LogP contribution in [0.1, 0.15) is 94.7 Å². The number of hydrogen-bond donors (Lipinski definition) is 3. The van der Waals surface area contributed by atoms with Gasteiger partial charge in [-0.1, -0.05) is 51.7 Å². The van der Waals surface area contributed by atoms with Gasteiger partial charge in [0.2, 0.25) is 18.2 Å². The van der Waals surface area contributed by atoms with Gasteiger partial charge in [0.1, 0.15) is 23.7 Å². The molecule has 0 radical (unpaired) electrons. The van der Waals surface area contributed by atoms with E-state index >= 15 is 0 Å². The molecular weight excluding hydrogens is 713 g/mol. The number of H-pyrrole nitrogens is 2. The van der Waals surface area contributed by atoms with E-state index in [4.69, 9.17) is 19.6 Å². The number of imidazole rings is 2. The van der Waals surface area contributed by atoms with E-state index in [2.05, 4.69) is 37.0 Å². The van der Waals surface area contributed by atoms with Crippen LogP contribution >= 0.6 is 0 Å². The van der Waals surface area contributed by atoms with Crippen LogP contribution in [0.15, 0.2) is 53.7 Å². The lowest BCUT2D eigenvalue weighted by atomic mass is 10.0. The Kier molecular flexibility index (Phi) is 11.2. The van der Waals surface area contributed by atoms with Gasteiger partial charge in [-0.2, -0.15) is 4.89 Å². The van der Waals surface area contributed by atoms with Crippen LogP contribution in [0, 0.1) is 29.1 Å². The van der Waals surface area contributed by atoms with E-state index in [0.717, 1.165) is 77.2 Å². The molecule has 2 aromatic carbocycles. The zero-order valence-corrected chi connectivity index (χ0v) is 32.8. The SMILES string of the molecule is COOC=N[C@H](C(=O)N1CCC[C@H]1c1nc2ccc(C#Cc3ccc(-c4cnc([C@@H]5CC6(CC6)CN5C(=O)[C@@H](NC(=O)OC)C(C)C)[nH]4)cc3)cc2[nH]1)C(C)C. The molecule has 1 saturated carbocycles. The molecule has 294 valence electrons. The monoisotopic (exact) mass is 762 g/mol. The minimum absolute atomic E-state index is 0.0175. The first kappa shape index (κ1) is 38.6. The summed E-state index contributed by atoms with van der Waals surface area (Å²) in [7, 11) is 2.69. The van der Waals surface area contributed by atoms with Gasteiger partial charge in [0.05, 0.1) is 49.2 Å². The van der Waals surface area contributed by atoms with Gasteiger partial charge in [0.15, 0.2) is 0 Å². The Morgan fingerprint density at radius 2 is 1.70 bits per heavy atom. The molecule has 2 aliphatic heterocycles. The van der Waals surface area contributed by atoms with Crippen molar-refractivity contribution in [1.82, 2.24) is 35.1 Å². The van der Waals surface area contributed by atoms with Crippen molar-refractivity contribution in [3.05, 3.63) is 71.4 Å². The lowest BCUT2D eigenvalue weighted by Gasteiger charge is -2.30. The Labute approximate surface area is 326 Å². The maximum Gasteiger partial charge on any atom is 0.407 e. The van der Waals surface area contributed by atoms with Crippen molar-refractivity contribution in [2.75, 3.05) is 27.3 Å². The lowest BCUT2D eigenvalue weighted by Crippen LogP contribution is -2.51.